The van der Waals surface area contributed by atoms with Gasteiger partial charge in [-0.25, -0.2) is 0 Å². The van der Waals surface area contributed by atoms with Gasteiger partial charge in [0.2, 0.25) is 5.91 Å². The van der Waals surface area contributed by atoms with Crippen LogP contribution in [0.4, 0.5) is 0 Å². The van der Waals surface area contributed by atoms with Crippen LogP contribution in [0, 0.1) is 0 Å². The normalized spacial score (nSPS) is 27.8. The van der Waals surface area contributed by atoms with Crippen LogP contribution in [0.2, 0.25) is 0 Å². The molecule has 2 saturated heterocycles. The van der Waals surface area contributed by atoms with Gasteiger partial charge in [0.15, 0.2) is 0 Å². The maximum atomic E-state index is 12.2. The van der Waals surface area contributed by atoms with Gasteiger partial charge in [0.05, 0.1) is 25.8 Å². The highest BCUT2D eigenvalue weighted by Gasteiger charge is 2.25. The molecule has 5 heteroatoms. The van der Waals surface area contributed by atoms with Gasteiger partial charge in [0.25, 0.3) is 0 Å². The highest BCUT2D eigenvalue weighted by Crippen LogP contribution is 2.07. The van der Waals surface area contributed by atoms with Crippen LogP contribution < -0.4 is 5.32 Å². The zero-order valence-corrected chi connectivity index (χ0v) is 10.7. The molecule has 1 N–H and O–H groups in total. The largest absolute Gasteiger partial charge is 0.377 e. The van der Waals surface area contributed by atoms with Crippen molar-refractivity contribution in [3.8, 4) is 0 Å². The maximum absolute atomic E-state index is 12.2. The van der Waals surface area contributed by atoms with E-state index in [4.69, 9.17) is 4.74 Å². The van der Waals surface area contributed by atoms with Crippen molar-refractivity contribution < 1.29 is 9.53 Å². The van der Waals surface area contributed by atoms with Crippen LogP contribution >= 0.6 is 0 Å². The monoisotopic (exact) mass is 241 g/mol. The van der Waals surface area contributed by atoms with Gasteiger partial charge in [0.1, 0.15) is 0 Å². The van der Waals surface area contributed by atoms with Gasteiger partial charge in [-0.3, -0.25) is 9.69 Å². The zero-order chi connectivity index (χ0) is 12.1. The maximum Gasteiger partial charge on any atom is 0.237 e. The average molecular weight is 241 g/mol. The van der Waals surface area contributed by atoms with Gasteiger partial charge >= 0.3 is 0 Å². The summed E-state index contributed by atoms with van der Waals surface area (Å²) in [5, 5.41) is 3.35. The molecule has 0 bridgehead atoms. The number of ether oxygens (including phenoxy) is 1. The predicted octanol–water partition coefficient (Wildman–Crippen LogP) is -0.471. The first kappa shape index (κ1) is 12.8. The molecule has 0 saturated carbocycles. The number of nitrogens with zero attached hydrogens (tertiary/aromatic N) is 2. The highest BCUT2D eigenvalue weighted by molar-refractivity contribution is 5.78. The lowest BCUT2D eigenvalue weighted by atomic mass is 10.2. The van der Waals surface area contributed by atoms with E-state index >= 15 is 0 Å². The first-order chi connectivity index (χ1) is 8.27. The van der Waals surface area contributed by atoms with Gasteiger partial charge in [-0.1, -0.05) is 0 Å². The topological polar surface area (TPSA) is 44.8 Å². The summed E-state index contributed by atoms with van der Waals surface area (Å²) < 4.78 is 5.35. The Morgan fingerprint density at radius 2 is 2.24 bits per heavy atom. The van der Waals surface area contributed by atoms with E-state index < -0.39 is 0 Å². The number of nitrogens with one attached hydrogen (secondary N) is 1. The summed E-state index contributed by atoms with van der Waals surface area (Å²) in [5.41, 5.74) is 0. The zero-order valence-electron chi connectivity index (χ0n) is 10.7. The molecule has 0 unspecified atom stereocenters. The molecule has 2 fully saturated rings. The fourth-order valence-electron chi connectivity index (χ4n) is 2.44. The average Bonchev–Trinajstić information content (AvgIpc) is 2.58. The lowest BCUT2D eigenvalue weighted by molar-refractivity contribution is -0.140. The summed E-state index contributed by atoms with van der Waals surface area (Å²) in [6.45, 7) is 8.77. The third-order valence-corrected chi connectivity index (χ3v) is 3.48. The Kier molecular flexibility index (Phi) is 4.76. The van der Waals surface area contributed by atoms with Crippen molar-refractivity contribution in [3.05, 3.63) is 0 Å². The third-order valence-electron chi connectivity index (χ3n) is 3.48. The molecule has 5 nitrogen and oxygen atoms in total. The van der Waals surface area contributed by atoms with Gasteiger partial charge in [-0.15, -0.1) is 0 Å². The minimum atomic E-state index is 0.223. The van der Waals surface area contributed by atoms with E-state index in [2.05, 4.69) is 17.1 Å². The molecule has 0 radical (unpaired) electrons. The Morgan fingerprint density at radius 1 is 1.35 bits per heavy atom. The molecule has 0 spiro atoms. The van der Waals surface area contributed by atoms with Crippen molar-refractivity contribution in [1.82, 2.24) is 15.1 Å². The Bertz CT molecular complexity index is 252. The second-order valence-electron chi connectivity index (χ2n) is 4.89. The number of carbonyl (C=O) groups is 1. The van der Waals surface area contributed by atoms with E-state index in [0.29, 0.717) is 19.8 Å². The predicted molar refractivity (Wildman–Crippen MR) is 65.9 cm³/mol. The minimum absolute atomic E-state index is 0.223. The summed E-state index contributed by atoms with van der Waals surface area (Å²) in [6.07, 6.45) is 1.13. The second kappa shape index (κ2) is 6.33. The summed E-state index contributed by atoms with van der Waals surface area (Å²) >= 11 is 0. The second-order valence-corrected chi connectivity index (χ2v) is 4.89. The Morgan fingerprint density at radius 3 is 3.06 bits per heavy atom. The van der Waals surface area contributed by atoms with Crippen molar-refractivity contribution in [2.24, 2.45) is 0 Å². The minimum Gasteiger partial charge on any atom is -0.377 e. The molecular weight excluding hydrogens is 218 g/mol. The number of hydrogen-bond acceptors (Lipinski definition) is 4. The first-order valence-corrected chi connectivity index (χ1v) is 6.57. The van der Waals surface area contributed by atoms with Crippen LogP contribution in [0.15, 0.2) is 0 Å². The molecule has 0 aromatic rings. The molecular formula is C12H23N3O2. The van der Waals surface area contributed by atoms with Crippen molar-refractivity contribution in [1.29, 1.82) is 0 Å². The third kappa shape index (κ3) is 3.66. The number of carbonyl (C=O) groups excluding carboxylic acids is 1. The quantitative estimate of drug-likeness (QED) is 0.710. The van der Waals surface area contributed by atoms with Crippen molar-refractivity contribution in [2.45, 2.75) is 19.4 Å². The Labute approximate surface area is 103 Å². The highest BCUT2D eigenvalue weighted by atomic mass is 16.5. The fraction of sp³-hybridized carbons (Fsp3) is 0.917. The molecule has 0 aliphatic carbocycles. The Balaban J connectivity index is 1.82. The van der Waals surface area contributed by atoms with E-state index in [1.165, 1.54) is 0 Å². The van der Waals surface area contributed by atoms with E-state index in [1.54, 1.807) is 0 Å². The molecule has 2 aliphatic rings. The van der Waals surface area contributed by atoms with Crippen molar-refractivity contribution in [2.75, 3.05) is 52.5 Å². The van der Waals surface area contributed by atoms with Crippen molar-refractivity contribution >= 4 is 5.91 Å². The van der Waals surface area contributed by atoms with Crippen LogP contribution in [0.25, 0.3) is 0 Å². The molecule has 1 atom stereocenters. The number of amides is 1. The van der Waals surface area contributed by atoms with Crippen LogP contribution in [-0.2, 0) is 9.53 Å². The van der Waals surface area contributed by atoms with Crippen LogP contribution in [-0.4, -0.2) is 74.2 Å². The fourth-order valence-corrected chi connectivity index (χ4v) is 2.44. The van der Waals surface area contributed by atoms with Gasteiger partial charge in [-0.2, -0.15) is 0 Å². The molecule has 1 amide bonds. The van der Waals surface area contributed by atoms with Crippen LogP contribution in [0.5, 0.6) is 0 Å². The van der Waals surface area contributed by atoms with E-state index in [1.807, 2.05) is 4.90 Å². The van der Waals surface area contributed by atoms with E-state index in [9.17, 15) is 4.79 Å². The smallest absolute Gasteiger partial charge is 0.237 e. The van der Waals surface area contributed by atoms with Crippen molar-refractivity contribution in [3.63, 3.8) is 0 Å². The van der Waals surface area contributed by atoms with Gasteiger partial charge in [0, 0.05) is 19.6 Å². The molecule has 2 heterocycles. The Hall–Kier alpha value is -0.650. The SMILES string of the molecule is C[C@@H]1COCCN1C(=O)CN1CCCNCC1. The first-order valence-electron chi connectivity index (χ1n) is 6.57. The number of rotatable bonds is 2. The number of morpholine rings is 1. The molecule has 0 aromatic heterocycles. The summed E-state index contributed by atoms with van der Waals surface area (Å²) in [5.74, 6) is 0.253. The molecule has 17 heavy (non-hydrogen) atoms. The standard InChI is InChI=1S/C12H23N3O2/c1-11-10-17-8-7-15(11)12(16)9-14-5-2-3-13-4-6-14/h11,13H,2-10H2,1H3/t11-/m1/s1. The molecule has 98 valence electrons. The number of hydrogen-bond donors (Lipinski definition) is 1. The lowest BCUT2D eigenvalue weighted by Gasteiger charge is -2.34. The lowest BCUT2D eigenvalue weighted by Crippen LogP contribution is -2.50. The summed E-state index contributed by atoms with van der Waals surface area (Å²) in [7, 11) is 0. The van der Waals surface area contributed by atoms with Crippen LogP contribution in [0.1, 0.15) is 13.3 Å². The van der Waals surface area contributed by atoms with E-state index in [-0.39, 0.29) is 11.9 Å². The summed E-state index contributed by atoms with van der Waals surface area (Å²) in [6, 6.07) is 0.223. The van der Waals surface area contributed by atoms with Gasteiger partial charge in [-0.05, 0) is 26.4 Å². The molecule has 2 rings (SSSR count). The molecule has 2 aliphatic heterocycles. The van der Waals surface area contributed by atoms with E-state index in [0.717, 1.165) is 39.1 Å². The van der Waals surface area contributed by atoms with Gasteiger partial charge < -0.3 is 15.0 Å². The van der Waals surface area contributed by atoms with Crippen LogP contribution in [0.3, 0.4) is 0 Å². The summed E-state index contributed by atoms with van der Waals surface area (Å²) in [4.78, 5) is 16.4. The molecule has 0 aromatic carbocycles.